The Labute approximate surface area is 84.2 Å². The molecule has 0 aromatic rings. The molecule has 6 nitrogen and oxygen atoms in total. The van der Waals surface area contributed by atoms with Crippen LogP contribution < -0.4 is 0 Å². The molecule has 0 spiro atoms. The third-order valence-corrected chi connectivity index (χ3v) is 7.61. The van der Waals surface area contributed by atoms with Crippen molar-refractivity contribution in [1.29, 1.82) is 0 Å². The first-order valence-electron chi connectivity index (χ1n) is 3.49. The van der Waals surface area contributed by atoms with E-state index < -0.39 is 28.1 Å². The van der Waals surface area contributed by atoms with E-state index in [0.717, 1.165) is 7.11 Å². The average Bonchev–Trinajstić information content (AvgIpc) is 1.78. The molecule has 0 saturated carbocycles. The maximum absolute atomic E-state index is 11.2. The molecule has 0 fully saturated rings. The molecule has 2 atom stereocenters. The van der Waals surface area contributed by atoms with Crippen molar-refractivity contribution in [2.75, 3.05) is 26.3 Å². The van der Waals surface area contributed by atoms with Gasteiger partial charge in [0.25, 0.3) is 0 Å². The van der Waals surface area contributed by atoms with Gasteiger partial charge in [0.2, 0.25) is 0 Å². The monoisotopic (exact) mass is 260 g/mol. The van der Waals surface area contributed by atoms with Gasteiger partial charge >= 0.3 is 7.60 Å². The third kappa shape index (κ3) is 7.00. The van der Waals surface area contributed by atoms with Crippen LogP contribution in [0.2, 0.25) is 0 Å². The molecule has 10 heteroatoms. The molecule has 0 bridgehead atoms. The Kier molecular flexibility index (Phi) is 4.86. The van der Waals surface area contributed by atoms with Gasteiger partial charge in [0, 0.05) is 7.11 Å². The van der Waals surface area contributed by atoms with E-state index >= 15 is 0 Å². The lowest BCUT2D eigenvalue weighted by Crippen LogP contribution is -1.95. The Morgan fingerprint density at radius 1 is 1.29 bits per heavy atom. The lowest BCUT2D eigenvalue weighted by Gasteiger charge is -2.27. The predicted molar refractivity (Wildman–Crippen MR) is 55.6 cm³/mol. The molecule has 83 valence electrons. The molecule has 0 aromatic heterocycles. The minimum atomic E-state index is -4.23. The molecule has 0 amide bonds. The predicted octanol–water partition coefficient (Wildman–Crippen LogP) is 1.69. The Morgan fingerprint density at radius 3 is 2.00 bits per heavy atom. The fourth-order valence-corrected chi connectivity index (χ4v) is 6.47. The lowest BCUT2D eigenvalue weighted by atomic mass is 10.8. The van der Waals surface area contributed by atoms with Crippen LogP contribution in [0.15, 0.2) is 0 Å². The minimum absolute atomic E-state index is 0.579. The highest BCUT2D eigenvalue weighted by atomic mass is 31.3. The molecular weight excluding hydrogens is 248 g/mol. The van der Waals surface area contributed by atoms with Crippen LogP contribution in [0.1, 0.15) is 0 Å². The van der Waals surface area contributed by atoms with Crippen molar-refractivity contribution in [2.24, 2.45) is 0 Å². The molecule has 2 unspecified atom stereocenters. The number of hydrogen-bond acceptors (Lipinski definition) is 5. The second-order valence-corrected chi connectivity index (χ2v) is 10.8. The van der Waals surface area contributed by atoms with Gasteiger partial charge in [-0.05, 0) is 13.3 Å². The van der Waals surface area contributed by atoms with Gasteiger partial charge in [0.05, 0.1) is 14.6 Å². The Hall–Kier alpha value is 0.635. The summed E-state index contributed by atoms with van der Waals surface area (Å²) >= 11 is 0. The summed E-state index contributed by atoms with van der Waals surface area (Å²) in [5.41, 5.74) is 0. The van der Waals surface area contributed by atoms with Crippen LogP contribution in [0.4, 0.5) is 0 Å². The molecule has 0 aliphatic rings. The summed E-state index contributed by atoms with van der Waals surface area (Å²) in [6, 6.07) is 0. The summed E-state index contributed by atoms with van der Waals surface area (Å²) < 4.78 is 41.8. The van der Waals surface area contributed by atoms with E-state index in [1.165, 1.54) is 13.3 Å². The van der Waals surface area contributed by atoms with Gasteiger partial charge < -0.3 is 26.1 Å². The zero-order valence-corrected chi connectivity index (χ0v) is 10.8. The summed E-state index contributed by atoms with van der Waals surface area (Å²) in [7, 11) is -5.10. The van der Waals surface area contributed by atoms with E-state index in [-0.39, 0.29) is 0 Å². The summed E-state index contributed by atoms with van der Waals surface area (Å²) in [5.74, 6) is -0.579. The van der Waals surface area contributed by atoms with E-state index in [1.807, 2.05) is 0 Å². The van der Waals surface area contributed by atoms with Crippen LogP contribution in [0.25, 0.3) is 0 Å². The van der Waals surface area contributed by atoms with E-state index in [0.29, 0.717) is 0 Å². The van der Waals surface area contributed by atoms with Gasteiger partial charge in [0.1, 0.15) is 5.90 Å². The largest absolute Gasteiger partial charge is 0.443 e. The Morgan fingerprint density at radius 2 is 1.71 bits per heavy atom. The maximum Gasteiger partial charge on any atom is 0.339 e. The molecule has 0 heterocycles. The van der Waals surface area contributed by atoms with Crippen molar-refractivity contribution in [3.05, 3.63) is 0 Å². The minimum Gasteiger partial charge on any atom is -0.443 e. The topological polar surface area (TPSA) is 89.9 Å². The average molecular weight is 260 g/mol. The first-order chi connectivity index (χ1) is 5.97. The third-order valence-electron chi connectivity index (χ3n) is 1.02. The second-order valence-electron chi connectivity index (χ2n) is 3.16. The first-order valence-corrected chi connectivity index (χ1v) is 9.65. The van der Waals surface area contributed by atoms with Crippen molar-refractivity contribution in [1.82, 2.24) is 0 Å². The second kappa shape index (κ2) is 4.65. The quantitative estimate of drug-likeness (QED) is 0.597. The summed E-state index contributed by atoms with van der Waals surface area (Å²) in [4.78, 5) is 9.15. The standard InChI is InChI=1S/C4H12BO6P3/c1-10-14(5,9)11-13(7,8)4-12(2,3)6/h4H2,1-3H3,(H,7,8)/q-1. The molecule has 0 aliphatic carbocycles. The zero-order chi connectivity index (χ0) is 11.6. The highest BCUT2D eigenvalue weighted by Crippen LogP contribution is 2.64. The van der Waals surface area contributed by atoms with Crippen molar-refractivity contribution >= 4 is 29.8 Å². The highest BCUT2D eigenvalue weighted by Gasteiger charge is 2.29. The van der Waals surface area contributed by atoms with Gasteiger partial charge in [-0.25, -0.2) is 0 Å². The molecule has 0 aromatic carbocycles. The highest BCUT2D eigenvalue weighted by molar-refractivity contribution is 7.86. The molecule has 1 N–H and O–H groups in total. The molecule has 0 aliphatic heterocycles. The Bertz CT molecular complexity index is 334. The lowest BCUT2D eigenvalue weighted by molar-refractivity contribution is 0.314. The van der Waals surface area contributed by atoms with Crippen molar-refractivity contribution < 1.29 is 27.4 Å². The summed E-state index contributed by atoms with van der Waals surface area (Å²) in [6.45, 7) is 2.63. The normalized spacial score (nSPS) is 21.2. The van der Waals surface area contributed by atoms with Crippen LogP contribution in [0, 0.1) is 0 Å². The van der Waals surface area contributed by atoms with Crippen molar-refractivity contribution in [3.8, 4) is 0 Å². The number of hydrogen-bond donors (Lipinski definition) is 1. The number of rotatable bonds is 5. The zero-order valence-electron chi connectivity index (χ0n) is 8.11. The van der Waals surface area contributed by atoms with Crippen LogP contribution in [0.3, 0.4) is 0 Å². The molecular formula is C4H12BO6P3-. The fourth-order valence-electron chi connectivity index (χ4n) is 0.667. The van der Waals surface area contributed by atoms with Crippen LogP contribution >= 0.6 is 22.2 Å². The smallest absolute Gasteiger partial charge is 0.339 e. The van der Waals surface area contributed by atoms with Gasteiger partial charge in [-0.2, -0.15) is 0 Å². The molecule has 0 rings (SSSR count). The van der Waals surface area contributed by atoms with Crippen LogP contribution in [-0.2, 0) is 22.5 Å². The SMILES string of the molecule is [B-]P(=O)(OC)OP(=O)(O)CP(C)(C)=O. The van der Waals surface area contributed by atoms with E-state index in [9.17, 15) is 13.7 Å². The first kappa shape index (κ1) is 14.6. The van der Waals surface area contributed by atoms with Crippen molar-refractivity contribution in [3.63, 3.8) is 0 Å². The van der Waals surface area contributed by atoms with Gasteiger partial charge in [0.15, 0.2) is 0 Å². The van der Waals surface area contributed by atoms with E-state index in [4.69, 9.17) is 12.5 Å². The van der Waals surface area contributed by atoms with Crippen molar-refractivity contribution in [2.45, 2.75) is 0 Å². The van der Waals surface area contributed by atoms with Crippen LogP contribution in [-0.4, -0.2) is 38.8 Å². The van der Waals surface area contributed by atoms with Gasteiger partial charge in [-0.15, -0.1) is 0 Å². The fraction of sp³-hybridized carbons (Fsp3) is 1.00. The summed E-state index contributed by atoms with van der Waals surface area (Å²) in [5, 5.41) is 0. The molecule has 0 saturated heterocycles. The van der Waals surface area contributed by atoms with E-state index in [1.54, 1.807) is 0 Å². The summed E-state index contributed by atoms with van der Waals surface area (Å²) in [6.07, 6.45) is 0. The maximum atomic E-state index is 11.2. The molecule has 14 heavy (non-hydrogen) atoms. The van der Waals surface area contributed by atoms with Gasteiger partial charge in [-0.3, -0.25) is 8.88 Å². The van der Waals surface area contributed by atoms with E-state index in [2.05, 4.69) is 8.83 Å². The van der Waals surface area contributed by atoms with Crippen LogP contribution in [0.5, 0.6) is 0 Å². The Balaban J connectivity index is 4.60. The molecule has 3 radical (unpaired) electrons. The van der Waals surface area contributed by atoms with Gasteiger partial charge in [-0.1, -0.05) is 0 Å².